The zero-order valence-corrected chi connectivity index (χ0v) is 18.5. The fraction of sp³-hybridized carbons (Fsp3) is 0.684. The first-order chi connectivity index (χ1) is 12.8. The van der Waals surface area contributed by atoms with Gasteiger partial charge in [-0.15, -0.1) is 24.0 Å². The number of rotatable bonds is 11. The van der Waals surface area contributed by atoms with Crippen LogP contribution in [0.4, 0.5) is 0 Å². The number of aryl methyl sites for hydroxylation is 1. The highest BCUT2D eigenvalue weighted by Crippen LogP contribution is 2.12. The molecule has 27 heavy (non-hydrogen) atoms. The molecule has 0 aromatic carbocycles. The van der Waals surface area contributed by atoms with Crippen LogP contribution in [0.2, 0.25) is 0 Å². The normalized spacial score (nSPS) is 16.8. The van der Waals surface area contributed by atoms with Crippen molar-refractivity contribution in [3.8, 4) is 0 Å². The van der Waals surface area contributed by atoms with Gasteiger partial charge in [-0.1, -0.05) is 6.07 Å². The number of unbranched alkanes of at least 4 members (excludes halogenated alkanes) is 1. The van der Waals surface area contributed by atoms with Crippen molar-refractivity contribution in [3.63, 3.8) is 0 Å². The standard InChI is InChI=1S/C19H32N4O3.HI/c1-20-19(22-10-6-13-25-15-17-8-14-26-16-17)21-9-3-5-12-23-11-4-2-7-18(23)24;/h2,4,7,11,17H,3,5-6,8-10,12-16H2,1H3,(H2,20,21,22);1H. The van der Waals surface area contributed by atoms with E-state index < -0.39 is 0 Å². The SMILES string of the molecule is CN=C(NCCCCn1ccccc1=O)NCCCOCC1CCOC1.I. The van der Waals surface area contributed by atoms with E-state index in [4.69, 9.17) is 9.47 Å². The third-order valence-corrected chi connectivity index (χ3v) is 4.38. The summed E-state index contributed by atoms with van der Waals surface area (Å²) in [5.74, 6) is 1.38. The van der Waals surface area contributed by atoms with Crippen LogP contribution >= 0.6 is 24.0 Å². The Hall–Kier alpha value is -1.13. The molecule has 0 bridgehead atoms. The zero-order chi connectivity index (χ0) is 18.5. The summed E-state index contributed by atoms with van der Waals surface area (Å²) in [6, 6.07) is 5.25. The molecule has 8 heteroatoms. The smallest absolute Gasteiger partial charge is 0.250 e. The fourth-order valence-electron chi connectivity index (χ4n) is 2.83. The molecular weight excluding hydrogens is 459 g/mol. The van der Waals surface area contributed by atoms with Gasteiger partial charge in [0.1, 0.15) is 0 Å². The molecule has 1 aromatic heterocycles. The van der Waals surface area contributed by atoms with E-state index in [1.807, 2.05) is 12.3 Å². The number of pyridine rings is 1. The molecule has 1 fully saturated rings. The first kappa shape index (κ1) is 23.9. The van der Waals surface area contributed by atoms with Gasteiger partial charge in [0.25, 0.3) is 0 Å². The second kappa shape index (κ2) is 14.9. The fourth-order valence-corrected chi connectivity index (χ4v) is 2.83. The second-order valence-electron chi connectivity index (χ2n) is 6.52. The molecule has 1 aliphatic rings. The Morgan fingerprint density at radius 3 is 2.81 bits per heavy atom. The molecule has 1 unspecified atom stereocenters. The van der Waals surface area contributed by atoms with Crippen molar-refractivity contribution in [2.45, 2.75) is 32.2 Å². The highest BCUT2D eigenvalue weighted by Gasteiger charge is 2.15. The third kappa shape index (κ3) is 10.1. The number of halogens is 1. The topological polar surface area (TPSA) is 76.9 Å². The maximum atomic E-state index is 11.6. The van der Waals surface area contributed by atoms with Crippen LogP contribution in [0.5, 0.6) is 0 Å². The number of nitrogens with zero attached hydrogens (tertiary/aromatic N) is 2. The molecule has 1 aromatic rings. The molecule has 0 aliphatic carbocycles. The van der Waals surface area contributed by atoms with Gasteiger partial charge in [-0.3, -0.25) is 9.79 Å². The summed E-state index contributed by atoms with van der Waals surface area (Å²) in [6.07, 6.45) is 5.83. The van der Waals surface area contributed by atoms with E-state index in [1.54, 1.807) is 23.7 Å². The van der Waals surface area contributed by atoms with E-state index >= 15 is 0 Å². The van der Waals surface area contributed by atoms with Crippen LogP contribution in [0.3, 0.4) is 0 Å². The number of ether oxygens (including phenoxy) is 2. The third-order valence-electron chi connectivity index (χ3n) is 4.38. The van der Waals surface area contributed by atoms with Crippen molar-refractivity contribution in [1.29, 1.82) is 0 Å². The quantitative estimate of drug-likeness (QED) is 0.214. The van der Waals surface area contributed by atoms with Crippen LogP contribution in [0.1, 0.15) is 25.7 Å². The molecule has 7 nitrogen and oxygen atoms in total. The molecule has 1 aliphatic heterocycles. The molecule has 1 saturated heterocycles. The van der Waals surface area contributed by atoms with Crippen molar-refractivity contribution in [3.05, 3.63) is 34.7 Å². The summed E-state index contributed by atoms with van der Waals surface area (Å²) in [5, 5.41) is 6.59. The van der Waals surface area contributed by atoms with Crippen molar-refractivity contribution in [2.75, 3.05) is 46.6 Å². The van der Waals surface area contributed by atoms with Crippen molar-refractivity contribution < 1.29 is 9.47 Å². The van der Waals surface area contributed by atoms with E-state index in [9.17, 15) is 4.79 Å². The molecule has 0 spiro atoms. The van der Waals surface area contributed by atoms with Crippen LogP contribution in [0.15, 0.2) is 34.2 Å². The minimum absolute atomic E-state index is 0. The Bertz CT molecular complexity index is 588. The molecule has 0 saturated carbocycles. The first-order valence-corrected chi connectivity index (χ1v) is 9.55. The minimum Gasteiger partial charge on any atom is -0.381 e. The Balaban J connectivity index is 0.00000364. The Kier molecular flexibility index (Phi) is 13.2. The maximum Gasteiger partial charge on any atom is 0.250 e. The molecular formula is C19H33IN4O3. The number of nitrogens with one attached hydrogen (secondary N) is 2. The Morgan fingerprint density at radius 1 is 1.30 bits per heavy atom. The first-order valence-electron chi connectivity index (χ1n) is 9.55. The van der Waals surface area contributed by atoms with Crippen molar-refractivity contribution >= 4 is 29.9 Å². The lowest BCUT2D eigenvalue weighted by Gasteiger charge is -2.13. The van der Waals surface area contributed by atoms with Gasteiger partial charge < -0.3 is 24.7 Å². The average Bonchev–Trinajstić information content (AvgIpc) is 3.17. The Morgan fingerprint density at radius 2 is 2.11 bits per heavy atom. The number of guanidine groups is 1. The summed E-state index contributed by atoms with van der Waals surface area (Å²) < 4.78 is 12.8. The summed E-state index contributed by atoms with van der Waals surface area (Å²) in [6.45, 7) is 5.69. The van der Waals surface area contributed by atoms with Gasteiger partial charge >= 0.3 is 0 Å². The Labute approximate surface area is 178 Å². The second-order valence-corrected chi connectivity index (χ2v) is 6.52. The predicted molar refractivity (Wildman–Crippen MR) is 119 cm³/mol. The van der Waals surface area contributed by atoms with Gasteiger partial charge in [-0.2, -0.15) is 0 Å². The summed E-state index contributed by atoms with van der Waals surface area (Å²) in [4.78, 5) is 15.8. The van der Waals surface area contributed by atoms with Gasteiger partial charge in [0.05, 0.1) is 13.2 Å². The number of aromatic nitrogens is 1. The number of aliphatic imine (C=N–C) groups is 1. The molecule has 2 heterocycles. The zero-order valence-electron chi connectivity index (χ0n) is 16.2. The maximum absolute atomic E-state index is 11.6. The van der Waals surface area contributed by atoms with E-state index in [0.29, 0.717) is 5.92 Å². The van der Waals surface area contributed by atoms with E-state index in [2.05, 4.69) is 15.6 Å². The van der Waals surface area contributed by atoms with Gasteiger partial charge in [0, 0.05) is 58.1 Å². The van der Waals surface area contributed by atoms with Gasteiger partial charge in [0.2, 0.25) is 5.56 Å². The van der Waals surface area contributed by atoms with Crippen LogP contribution in [0, 0.1) is 5.92 Å². The van der Waals surface area contributed by atoms with Gasteiger partial charge in [-0.05, 0) is 31.7 Å². The highest BCUT2D eigenvalue weighted by atomic mass is 127. The van der Waals surface area contributed by atoms with Crippen LogP contribution < -0.4 is 16.2 Å². The lowest BCUT2D eigenvalue weighted by Crippen LogP contribution is -2.38. The highest BCUT2D eigenvalue weighted by molar-refractivity contribution is 14.0. The average molecular weight is 492 g/mol. The van der Waals surface area contributed by atoms with Crippen molar-refractivity contribution in [1.82, 2.24) is 15.2 Å². The molecule has 2 N–H and O–H groups in total. The van der Waals surface area contributed by atoms with Gasteiger partial charge in [0.15, 0.2) is 5.96 Å². The predicted octanol–water partition coefficient (Wildman–Crippen LogP) is 1.85. The largest absolute Gasteiger partial charge is 0.381 e. The number of hydrogen-bond acceptors (Lipinski definition) is 4. The van der Waals surface area contributed by atoms with Gasteiger partial charge in [-0.25, -0.2) is 0 Å². The monoisotopic (exact) mass is 492 g/mol. The van der Waals surface area contributed by atoms with E-state index in [-0.39, 0.29) is 29.5 Å². The summed E-state index contributed by atoms with van der Waals surface area (Å²) in [7, 11) is 1.77. The number of hydrogen-bond donors (Lipinski definition) is 2. The molecule has 2 rings (SSSR count). The van der Waals surface area contributed by atoms with Crippen LogP contribution in [-0.4, -0.2) is 57.1 Å². The van der Waals surface area contributed by atoms with E-state index in [1.165, 1.54) is 0 Å². The summed E-state index contributed by atoms with van der Waals surface area (Å²) in [5.41, 5.74) is 0.0561. The molecule has 0 amide bonds. The van der Waals surface area contributed by atoms with E-state index in [0.717, 1.165) is 77.7 Å². The summed E-state index contributed by atoms with van der Waals surface area (Å²) >= 11 is 0. The molecule has 0 radical (unpaired) electrons. The lowest BCUT2D eigenvalue weighted by atomic mass is 10.1. The van der Waals surface area contributed by atoms with Crippen LogP contribution in [0.25, 0.3) is 0 Å². The van der Waals surface area contributed by atoms with Crippen molar-refractivity contribution in [2.24, 2.45) is 10.9 Å². The minimum atomic E-state index is 0. The molecule has 154 valence electrons. The van der Waals surface area contributed by atoms with Crippen LogP contribution in [-0.2, 0) is 16.0 Å². The molecule has 1 atom stereocenters. The lowest BCUT2D eigenvalue weighted by molar-refractivity contribution is 0.0888.